The summed E-state index contributed by atoms with van der Waals surface area (Å²) < 4.78 is 0. The molecule has 0 spiro atoms. The van der Waals surface area contributed by atoms with E-state index in [1.807, 2.05) is 42.5 Å². The molecule has 0 radical (unpaired) electrons. The zero-order valence-corrected chi connectivity index (χ0v) is 12.5. The van der Waals surface area contributed by atoms with E-state index in [-0.39, 0.29) is 17.1 Å². The van der Waals surface area contributed by atoms with Gasteiger partial charge in [-0.15, -0.1) is 0 Å². The highest BCUT2D eigenvalue weighted by Crippen LogP contribution is 2.30. The predicted molar refractivity (Wildman–Crippen MR) is 91.7 cm³/mol. The Morgan fingerprint density at radius 2 is 1.83 bits per heavy atom. The first-order chi connectivity index (χ1) is 11.6. The lowest BCUT2D eigenvalue weighted by atomic mass is 10.1. The first kappa shape index (κ1) is 15.4. The molecule has 0 saturated carbocycles. The fourth-order valence-corrected chi connectivity index (χ4v) is 2.16. The number of nitrogens with zero attached hydrogens (tertiary/aromatic N) is 3. The standard InChI is InChI=1S/C18H13N3O3/c22-18-10-9-15(21(23)24)11-17(18)19-12-14-7-4-8-16(20-14)13-5-2-1-3-6-13/h1-12,22H/b19-12+. The van der Waals surface area contributed by atoms with Crippen LogP contribution in [0.4, 0.5) is 11.4 Å². The number of non-ortho nitro benzene ring substituents is 1. The van der Waals surface area contributed by atoms with Gasteiger partial charge in [0.25, 0.3) is 5.69 Å². The molecule has 118 valence electrons. The van der Waals surface area contributed by atoms with E-state index in [0.29, 0.717) is 5.69 Å². The smallest absolute Gasteiger partial charge is 0.271 e. The highest BCUT2D eigenvalue weighted by atomic mass is 16.6. The maximum Gasteiger partial charge on any atom is 0.271 e. The number of pyridine rings is 1. The molecular weight excluding hydrogens is 306 g/mol. The monoisotopic (exact) mass is 319 g/mol. The fourth-order valence-electron chi connectivity index (χ4n) is 2.16. The van der Waals surface area contributed by atoms with Crippen LogP contribution in [0.25, 0.3) is 11.3 Å². The lowest BCUT2D eigenvalue weighted by Gasteiger charge is -2.02. The zero-order chi connectivity index (χ0) is 16.9. The number of hydrogen-bond acceptors (Lipinski definition) is 5. The molecule has 0 unspecified atom stereocenters. The molecule has 24 heavy (non-hydrogen) atoms. The molecule has 2 aromatic carbocycles. The van der Waals surface area contributed by atoms with E-state index in [4.69, 9.17) is 0 Å². The van der Waals surface area contributed by atoms with Gasteiger partial charge in [0.15, 0.2) is 0 Å². The highest BCUT2D eigenvalue weighted by molar-refractivity contribution is 5.81. The van der Waals surface area contributed by atoms with Crippen molar-refractivity contribution in [3.8, 4) is 17.0 Å². The first-order valence-electron chi connectivity index (χ1n) is 7.17. The van der Waals surface area contributed by atoms with Crippen LogP contribution in [-0.2, 0) is 0 Å². The Bertz CT molecular complexity index is 908. The Kier molecular flexibility index (Phi) is 4.29. The molecule has 0 saturated heterocycles. The van der Waals surface area contributed by atoms with Gasteiger partial charge in [-0.25, -0.2) is 4.98 Å². The van der Waals surface area contributed by atoms with E-state index in [9.17, 15) is 15.2 Å². The van der Waals surface area contributed by atoms with Gasteiger partial charge >= 0.3 is 0 Å². The van der Waals surface area contributed by atoms with Crippen LogP contribution in [-0.4, -0.2) is 21.2 Å². The van der Waals surface area contributed by atoms with Crippen LogP contribution >= 0.6 is 0 Å². The number of nitro benzene ring substituents is 1. The largest absolute Gasteiger partial charge is 0.506 e. The van der Waals surface area contributed by atoms with Crippen molar-refractivity contribution in [2.75, 3.05) is 0 Å². The van der Waals surface area contributed by atoms with E-state index in [0.717, 1.165) is 11.3 Å². The average Bonchev–Trinajstić information content (AvgIpc) is 2.62. The third kappa shape index (κ3) is 3.44. The lowest BCUT2D eigenvalue weighted by Crippen LogP contribution is -1.90. The quantitative estimate of drug-likeness (QED) is 0.445. The molecular formula is C18H13N3O3. The van der Waals surface area contributed by atoms with Gasteiger partial charge in [0.1, 0.15) is 11.4 Å². The van der Waals surface area contributed by atoms with E-state index in [1.54, 1.807) is 6.07 Å². The van der Waals surface area contributed by atoms with Crippen LogP contribution in [0, 0.1) is 10.1 Å². The number of benzene rings is 2. The summed E-state index contributed by atoms with van der Waals surface area (Å²) in [5.74, 6) is -0.129. The molecule has 1 heterocycles. The molecule has 0 amide bonds. The number of rotatable bonds is 4. The second-order valence-electron chi connectivity index (χ2n) is 5.00. The van der Waals surface area contributed by atoms with Gasteiger partial charge < -0.3 is 5.11 Å². The molecule has 6 heteroatoms. The topological polar surface area (TPSA) is 88.6 Å². The van der Waals surface area contributed by atoms with Crippen LogP contribution in [0.1, 0.15) is 5.69 Å². The number of nitro groups is 1. The SMILES string of the molecule is O=[N+]([O-])c1ccc(O)c(/N=C/c2cccc(-c3ccccc3)n2)c1. The number of aromatic nitrogens is 1. The van der Waals surface area contributed by atoms with Gasteiger partial charge in [0.05, 0.1) is 22.5 Å². The van der Waals surface area contributed by atoms with Crippen molar-refractivity contribution < 1.29 is 10.0 Å². The van der Waals surface area contributed by atoms with Crippen molar-refractivity contribution in [1.82, 2.24) is 4.98 Å². The third-order valence-electron chi connectivity index (χ3n) is 3.35. The van der Waals surface area contributed by atoms with Crippen molar-refractivity contribution in [3.63, 3.8) is 0 Å². The summed E-state index contributed by atoms with van der Waals surface area (Å²) in [6, 6.07) is 18.9. The molecule has 6 nitrogen and oxygen atoms in total. The van der Waals surface area contributed by atoms with Gasteiger partial charge in [-0.3, -0.25) is 15.1 Å². The van der Waals surface area contributed by atoms with Crippen molar-refractivity contribution in [2.24, 2.45) is 4.99 Å². The number of phenolic OH excluding ortho intramolecular Hbond substituents is 1. The van der Waals surface area contributed by atoms with Crippen LogP contribution < -0.4 is 0 Å². The molecule has 0 aliphatic heterocycles. The van der Waals surface area contributed by atoms with E-state index < -0.39 is 4.92 Å². The van der Waals surface area contributed by atoms with Crippen LogP contribution in [0.2, 0.25) is 0 Å². The summed E-state index contributed by atoms with van der Waals surface area (Å²) in [5, 5.41) is 20.6. The summed E-state index contributed by atoms with van der Waals surface area (Å²) in [5.41, 5.74) is 2.35. The fraction of sp³-hybridized carbons (Fsp3) is 0. The van der Waals surface area contributed by atoms with Gasteiger partial charge in [-0.1, -0.05) is 36.4 Å². The molecule has 0 bridgehead atoms. The summed E-state index contributed by atoms with van der Waals surface area (Å²) in [4.78, 5) is 18.9. The van der Waals surface area contributed by atoms with Crippen LogP contribution in [0.5, 0.6) is 5.75 Å². The minimum absolute atomic E-state index is 0.121. The molecule has 3 rings (SSSR count). The Labute approximate surface area is 137 Å². The van der Waals surface area contributed by atoms with Crippen LogP contribution in [0.15, 0.2) is 71.7 Å². The Hall–Kier alpha value is -3.54. The minimum Gasteiger partial charge on any atom is -0.506 e. The molecule has 0 aliphatic carbocycles. The molecule has 3 aromatic rings. The first-order valence-corrected chi connectivity index (χ1v) is 7.17. The maximum atomic E-state index is 10.8. The zero-order valence-electron chi connectivity index (χ0n) is 12.5. The minimum atomic E-state index is -0.535. The number of aliphatic imine (C=N–C) groups is 1. The van der Waals surface area contributed by atoms with Crippen molar-refractivity contribution in [3.05, 3.63) is 82.5 Å². The predicted octanol–water partition coefficient (Wildman–Crippen LogP) is 4.11. The second-order valence-corrected chi connectivity index (χ2v) is 5.00. The molecule has 1 aromatic heterocycles. The number of hydrogen-bond donors (Lipinski definition) is 1. The third-order valence-corrected chi connectivity index (χ3v) is 3.35. The van der Waals surface area contributed by atoms with Gasteiger partial charge in [0.2, 0.25) is 0 Å². The molecule has 1 N–H and O–H groups in total. The summed E-state index contributed by atoms with van der Waals surface area (Å²) in [6.07, 6.45) is 1.46. The van der Waals surface area contributed by atoms with Crippen molar-refractivity contribution >= 4 is 17.6 Å². The van der Waals surface area contributed by atoms with Gasteiger partial charge in [-0.05, 0) is 18.2 Å². The second kappa shape index (κ2) is 6.70. The normalized spacial score (nSPS) is 10.8. The molecule has 0 fully saturated rings. The summed E-state index contributed by atoms with van der Waals surface area (Å²) >= 11 is 0. The van der Waals surface area contributed by atoms with E-state index >= 15 is 0 Å². The van der Waals surface area contributed by atoms with E-state index in [1.165, 1.54) is 24.4 Å². The summed E-state index contributed by atoms with van der Waals surface area (Å²) in [7, 11) is 0. The van der Waals surface area contributed by atoms with Crippen LogP contribution in [0.3, 0.4) is 0 Å². The highest BCUT2D eigenvalue weighted by Gasteiger charge is 2.09. The molecule has 0 aliphatic rings. The summed E-state index contributed by atoms with van der Waals surface area (Å²) in [6.45, 7) is 0. The number of aromatic hydroxyl groups is 1. The van der Waals surface area contributed by atoms with Gasteiger partial charge in [-0.2, -0.15) is 0 Å². The van der Waals surface area contributed by atoms with E-state index in [2.05, 4.69) is 9.98 Å². The number of phenols is 1. The van der Waals surface area contributed by atoms with Gasteiger partial charge in [0, 0.05) is 17.7 Å². The molecule has 0 atom stereocenters. The van der Waals surface area contributed by atoms with Crippen molar-refractivity contribution in [1.29, 1.82) is 0 Å². The maximum absolute atomic E-state index is 10.8. The Morgan fingerprint density at radius 1 is 1.04 bits per heavy atom. The Morgan fingerprint density at radius 3 is 2.58 bits per heavy atom. The lowest BCUT2D eigenvalue weighted by molar-refractivity contribution is -0.384. The Balaban J connectivity index is 1.90. The van der Waals surface area contributed by atoms with Crippen molar-refractivity contribution in [2.45, 2.75) is 0 Å². The average molecular weight is 319 g/mol.